The second-order valence-corrected chi connectivity index (χ2v) is 7.95. The van der Waals surface area contributed by atoms with E-state index in [2.05, 4.69) is 34.6 Å². The highest BCUT2D eigenvalue weighted by Crippen LogP contribution is 2.33. The van der Waals surface area contributed by atoms with Crippen molar-refractivity contribution in [3.8, 4) is 11.5 Å². The number of anilines is 1. The second kappa shape index (κ2) is 11.7. The highest BCUT2D eigenvalue weighted by atomic mass is 16.7. The van der Waals surface area contributed by atoms with Crippen LogP contribution >= 0.6 is 0 Å². The Kier molecular flexibility index (Phi) is 7.97. The molecule has 184 valence electrons. The van der Waals surface area contributed by atoms with Gasteiger partial charge in [0.15, 0.2) is 11.5 Å². The minimum absolute atomic E-state index is 0.0387. The molecule has 0 aliphatic carbocycles. The number of rotatable bonds is 9. The SMILES string of the molecule is CCN(CC)c1ccc(/C=N\NC(=O)/C(=C\c2ccc3c(c2)OCO3)NC(=O)c2ccccc2)cc1. The van der Waals surface area contributed by atoms with Gasteiger partial charge >= 0.3 is 0 Å². The maximum absolute atomic E-state index is 13.0. The molecular weight excluding hydrogens is 456 g/mol. The minimum atomic E-state index is -0.562. The maximum atomic E-state index is 13.0. The van der Waals surface area contributed by atoms with Gasteiger partial charge in [0.1, 0.15) is 5.70 Å². The molecule has 2 N–H and O–H groups in total. The monoisotopic (exact) mass is 484 g/mol. The molecule has 1 aliphatic heterocycles. The molecule has 0 saturated heterocycles. The number of hydrogen-bond acceptors (Lipinski definition) is 6. The molecule has 2 amide bonds. The van der Waals surface area contributed by atoms with Gasteiger partial charge < -0.3 is 19.7 Å². The lowest BCUT2D eigenvalue weighted by Crippen LogP contribution is -2.32. The fraction of sp³-hybridized carbons (Fsp3) is 0.179. The molecule has 0 spiro atoms. The Hall–Kier alpha value is -4.59. The van der Waals surface area contributed by atoms with Crippen molar-refractivity contribution in [2.45, 2.75) is 13.8 Å². The van der Waals surface area contributed by atoms with Gasteiger partial charge in [0.25, 0.3) is 11.8 Å². The lowest BCUT2D eigenvalue weighted by Gasteiger charge is -2.20. The van der Waals surface area contributed by atoms with Crippen molar-refractivity contribution in [3.05, 3.63) is 95.2 Å². The molecule has 0 radical (unpaired) electrons. The van der Waals surface area contributed by atoms with E-state index in [4.69, 9.17) is 9.47 Å². The molecule has 0 saturated carbocycles. The quantitative estimate of drug-likeness (QED) is 0.270. The summed E-state index contributed by atoms with van der Waals surface area (Å²) < 4.78 is 10.8. The van der Waals surface area contributed by atoms with Gasteiger partial charge in [-0.05, 0) is 67.4 Å². The normalized spacial score (nSPS) is 12.4. The van der Waals surface area contributed by atoms with E-state index in [-0.39, 0.29) is 12.5 Å². The topological polar surface area (TPSA) is 92.3 Å². The van der Waals surface area contributed by atoms with Gasteiger partial charge in [-0.3, -0.25) is 9.59 Å². The first-order valence-corrected chi connectivity index (χ1v) is 11.7. The number of nitrogens with zero attached hydrogens (tertiary/aromatic N) is 2. The first kappa shape index (κ1) is 24.5. The van der Waals surface area contributed by atoms with Gasteiger partial charge in [0.2, 0.25) is 6.79 Å². The van der Waals surface area contributed by atoms with Crippen LogP contribution in [0.4, 0.5) is 5.69 Å². The van der Waals surface area contributed by atoms with Crippen molar-refractivity contribution in [1.29, 1.82) is 0 Å². The Balaban J connectivity index is 1.50. The summed E-state index contributed by atoms with van der Waals surface area (Å²) in [6.07, 6.45) is 3.12. The lowest BCUT2D eigenvalue weighted by molar-refractivity contribution is -0.117. The molecule has 0 unspecified atom stereocenters. The molecule has 0 aromatic heterocycles. The fourth-order valence-corrected chi connectivity index (χ4v) is 3.70. The number of benzene rings is 3. The van der Waals surface area contributed by atoms with Gasteiger partial charge in [-0.1, -0.05) is 36.4 Å². The summed E-state index contributed by atoms with van der Waals surface area (Å²) in [4.78, 5) is 28.0. The minimum Gasteiger partial charge on any atom is -0.454 e. The molecule has 0 atom stereocenters. The van der Waals surface area contributed by atoms with Crippen molar-refractivity contribution >= 4 is 29.8 Å². The van der Waals surface area contributed by atoms with Gasteiger partial charge in [-0.25, -0.2) is 5.43 Å². The van der Waals surface area contributed by atoms with Crippen molar-refractivity contribution in [3.63, 3.8) is 0 Å². The Labute approximate surface area is 210 Å². The second-order valence-electron chi connectivity index (χ2n) is 7.95. The third kappa shape index (κ3) is 6.09. The molecular formula is C28H28N4O4. The average Bonchev–Trinajstić information content (AvgIpc) is 3.38. The predicted molar refractivity (Wildman–Crippen MR) is 140 cm³/mol. The van der Waals surface area contributed by atoms with Gasteiger partial charge in [0, 0.05) is 24.3 Å². The number of hydrazone groups is 1. The summed E-state index contributed by atoms with van der Waals surface area (Å²) in [5.41, 5.74) is 5.59. The summed E-state index contributed by atoms with van der Waals surface area (Å²) >= 11 is 0. The van der Waals surface area contributed by atoms with Crippen LogP contribution in [-0.4, -0.2) is 37.9 Å². The molecule has 8 heteroatoms. The Morgan fingerprint density at radius 1 is 0.917 bits per heavy atom. The van der Waals surface area contributed by atoms with Crippen LogP contribution in [-0.2, 0) is 4.79 Å². The zero-order valence-corrected chi connectivity index (χ0v) is 20.2. The molecule has 1 heterocycles. The average molecular weight is 485 g/mol. The summed E-state index contributed by atoms with van der Waals surface area (Å²) in [5.74, 6) is 0.230. The third-order valence-corrected chi connectivity index (χ3v) is 5.64. The van der Waals surface area contributed by atoms with Crippen molar-refractivity contribution in [2.75, 3.05) is 24.8 Å². The van der Waals surface area contributed by atoms with Crippen LogP contribution in [0.2, 0.25) is 0 Å². The Morgan fingerprint density at radius 2 is 1.61 bits per heavy atom. The first-order valence-electron chi connectivity index (χ1n) is 11.7. The molecule has 0 bridgehead atoms. The van der Waals surface area contributed by atoms with Crippen molar-refractivity contribution in [1.82, 2.24) is 10.7 Å². The Bertz CT molecular complexity index is 1270. The number of amides is 2. The number of fused-ring (bicyclic) bond motifs is 1. The van der Waals surface area contributed by atoms with E-state index in [0.29, 0.717) is 22.6 Å². The van der Waals surface area contributed by atoms with Crippen LogP contribution in [0.5, 0.6) is 11.5 Å². The molecule has 3 aromatic carbocycles. The van der Waals surface area contributed by atoms with Gasteiger partial charge in [0.05, 0.1) is 6.21 Å². The van der Waals surface area contributed by atoms with Crippen LogP contribution < -0.4 is 25.1 Å². The van der Waals surface area contributed by atoms with Crippen molar-refractivity contribution in [2.24, 2.45) is 5.10 Å². The standard InChI is InChI=1S/C28H28N4O4/c1-3-32(4-2)23-13-10-20(11-14-23)18-29-31-28(34)24(30-27(33)22-8-6-5-7-9-22)16-21-12-15-25-26(17-21)36-19-35-25/h5-18H,3-4,19H2,1-2H3,(H,30,33)(H,31,34)/b24-16+,29-18-. The van der Waals surface area contributed by atoms with Crippen LogP contribution in [0.25, 0.3) is 6.08 Å². The molecule has 3 aromatic rings. The molecule has 1 aliphatic rings. The smallest absolute Gasteiger partial charge is 0.287 e. The van der Waals surface area contributed by atoms with Gasteiger partial charge in [-0.15, -0.1) is 0 Å². The van der Waals surface area contributed by atoms with E-state index in [0.717, 1.165) is 24.3 Å². The van der Waals surface area contributed by atoms with E-state index in [1.807, 2.05) is 30.3 Å². The molecule has 36 heavy (non-hydrogen) atoms. The van der Waals surface area contributed by atoms with Crippen LogP contribution in [0.1, 0.15) is 35.3 Å². The van der Waals surface area contributed by atoms with Gasteiger partial charge in [-0.2, -0.15) is 5.10 Å². The Morgan fingerprint density at radius 3 is 2.33 bits per heavy atom. The van der Waals surface area contributed by atoms with Crippen LogP contribution in [0, 0.1) is 0 Å². The maximum Gasteiger partial charge on any atom is 0.287 e. The van der Waals surface area contributed by atoms with Crippen molar-refractivity contribution < 1.29 is 19.1 Å². The van der Waals surface area contributed by atoms with E-state index in [9.17, 15) is 9.59 Å². The number of ether oxygens (including phenoxy) is 2. The third-order valence-electron chi connectivity index (χ3n) is 5.64. The molecule has 0 fully saturated rings. The highest BCUT2D eigenvalue weighted by Gasteiger charge is 2.17. The van der Waals surface area contributed by atoms with E-state index in [1.165, 1.54) is 0 Å². The number of nitrogens with one attached hydrogen (secondary N) is 2. The summed E-state index contributed by atoms with van der Waals surface area (Å²) in [6.45, 7) is 6.21. The number of carbonyl (C=O) groups is 2. The summed E-state index contributed by atoms with van der Waals surface area (Å²) in [7, 11) is 0. The molecule has 8 nitrogen and oxygen atoms in total. The highest BCUT2D eigenvalue weighted by molar-refractivity contribution is 6.05. The zero-order valence-electron chi connectivity index (χ0n) is 20.2. The van der Waals surface area contributed by atoms with E-state index >= 15 is 0 Å². The van der Waals surface area contributed by atoms with E-state index in [1.54, 1.807) is 54.8 Å². The van der Waals surface area contributed by atoms with Crippen LogP contribution in [0.3, 0.4) is 0 Å². The summed E-state index contributed by atoms with van der Waals surface area (Å²) in [6, 6.07) is 21.8. The summed E-state index contributed by atoms with van der Waals surface area (Å²) in [5, 5.41) is 6.77. The number of hydrogen-bond donors (Lipinski definition) is 2. The lowest BCUT2D eigenvalue weighted by atomic mass is 10.1. The molecule has 4 rings (SSSR count). The van der Waals surface area contributed by atoms with Crippen LogP contribution in [0.15, 0.2) is 83.6 Å². The largest absolute Gasteiger partial charge is 0.454 e. The zero-order chi connectivity index (χ0) is 25.3. The fourth-order valence-electron chi connectivity index (χ4n) is 3.70. The predicted octanol–water partition coefficient (Wildman–Crippen LogP) is 4.18. The number of carbonyl (C=O) groups excluding carboxylic acids is 2. The first-order chi connectivity index (χ1) is 17.6. The van der Waals surface area contributed by atoms with E-state index < -0.39 is 11.8 Å².